The van der Waals surface area contributed by atoms with E-state index >= 15 is 0 Å². The first kappa shape index (κ1) is 19.9. The van der Waals surface area contributed by atoms with Gasteiger partial charge in [-0.15, -0.1) is 0 Å². The van der Waals surface area contributed by atoms with Gasteiger partial charge in [-0.25, -0.2) is 9.97 Å². The maximum absolute atomic E-state index is 12.5. The van der Waals surface area contributed by atoms with E-state index in [1.807, 2.05) is 32.9 Å². The normalized spacial score (nSPS) is 14.2. The Morgan fingerprint density at radius 1 is 1.18 bits per heavy atom. The summed E-state index contributed by atoms with van der Waals surface area (Å²) in [6.45, 7) is 7.34. The summed E-state index contributed by atoms with van der Waals surface area (Å²) in [5, 5.41) is 2.97. The van der Waals surface area contributed by atoms with E-state index in [1.165, 1.54) is 11.1 Å². The van der Waals surface area contributed by atoms with Gasteiger partial charge in [-0.3, -0.25) is 4.79 Å². The van der Waals surface area contributed by atoms with Crippen LogP contribution in [0.3, 0.4) is 0 Å². The molecule has 28 heavy (non-hydrogen) atoms. The second-order valence-electron chi connectivity index (χ2n) is 7.09. The maximum Gasteiger partial charge on any atom is 0.270 e. The molecule has 0 saturated heterocycles. The van der Waals surface area contributed by atoms with Crippen LogP contribution in [0.25, 0.3) is 0 Å². The Morgan fingerprint density at radius 3 is 2.50 bits per heavy atom. The number of carbonyl (C=O) groups excluding carboxylic acids is 1. The number of aromatic nitrogens is 2. The van der Waals surface area contributed by atoms with Gasteiger partial charge < -0.3 is 19.7 Å². The Morgan fingerprint density at radius 2 is 1.86 bits per heavy atom. The number of carbonyl (C=O) groups is 1. The predicted molar refractivity (Wildman–Crippen MR) is 108 cm³/mol. The summed E-state index contributed by atoms with van der Waals surface area (Å²) in [6.07, 6.45) is 1.74. The molecule has 7 heteroatoms. The fourth-order valence-corrected chi connectivity index (χ4v) is 3.31. The molecule has 1 aromatic heterocycles. The summed E-state index contributed by atoms with van der Waals surface area (Å²) < 4.78 is 10.8. The summed E-state index contributed by atoms with van der Waals surface area (Å²) in [5.74, 6) is 2.66. The van der Waals surface area contributed by atoms with Crippen molar-refractivity contribution in [3.8, 4) is 11.5 Å². The Kier molecular flexibility index (Phi) is 6.02. The molecule has 0 spiro atoms. The Labute approximate surface area is 166 Å². The SMILES string of the molecule is CCC(C)NC(=O)c1cc(N2CCc3cc(OC)c(OC)cc3C2)nc(C)n1. The minimum Gasteiger partial charge on any atom is -0.493 e. The van der Waals surface area contributed by atoms with Crippen LogP contribution >= 0.6 is 0 Å². The highest BCUT2D eigenvalue weighted by molar-refractivity contribution is 5.93. The lowest BCUT2D eigenvalue weighted by molar-refractivity contribution is 0.0934. The molecule has 1 unspecified atom stereocenters. The topological polar surface area (TPSA) is 76.6 Å². The first-order chi connectivity index (χ1) is 13.4. The van der Waals surface area contributed by atoms with Gasteiger partial charge in [-0.2, -0.15) is 0 Å². The largest absolute Gasteiger partial charge is 0.493 e. The number of ether oxygens (including phenoxy) is 2. The summed E-state index contributed by atoms with van der Waals surface area (Å²) in [4.78, 5) is 23.6. The monoisotopic (exact) mass is 384 g/mol. The third-order valence-electron chi connectivity index (χ3n) is 5.09. The van der Waals surface area contributed by atoms with E-state index in [0.717, 1.165) is 36.7 Å². The van der Waals surface area contributed by atoms with Crippen molar-refractivity contribution in [2.75, 3.05) is 25.7 Å². The summed E-state index contributed by atoms with van der Waals surface area (Å²) >= 11 is 0. The van der Waals surface area contributed by atoms with Crippen molar-refractivity contribution < 1.29 is 14.3 Å². The summed E-state index contributed by atoms with van der Waals surface area (Å²) in [5.41, 5.74) is 2.82. The molecule has 2 aromatic rings. The van der Waals surface area contributed by atoms with Gasteiger partial charge >= 0.3 is 0 Å². The van der Waals surface area contributed by atoms with Gasteiger partial charge in [0, 0.05) is 25.2 Å². The van der Waals surface area contributed by atoms with Gasteiger partial charge in [-0.1, -0.05) is 6.92 Å². The number of amides is 1. The van der Waals surface area contributed by atoms with E-state index in [9.17, 15) is 4.79 Å². The molecule has 1 N–H and O–H groups in total. The maximum atomic E-state index is 12.5. The molecule has 0 saturated carbocycles. The Balaban J connectivity index is 1.86. The lowest BCUT2D eigenvalue weighted by Crippen LogP contribution is -2.34. The number of aryl methyl sites for hydroxylation is 1. The van der Waals surface area contributed by atoms with Crippen LogP contribution in [0.15, 0.2) is 18.2 Å². The quantitative estimate of drug-likeness (QED) is 0.825. The Bertz CT molecular complexity index is 869. The number of fused-ring (bicyclic) bond motifs is 1. The van der Waals surface area contributed by atoms with Crippen LogP contribution in [0.1, 0.15) is 47.7 Å². The standard InChI is InChI=1S/C21H28N4O3/c1-6-13(2)22-21(26)17-11-20(24-14(3)23-17)25-8-7-15-9-18(27-4)19(28-5)10-16(15)12-25/h9-11,13H,6-8,12H2,1-5H3,(H,22,26). The molecular weight excluding hydrogens is 356 g/mol. The number of nitrogens with zero attached hydrogens (tertiary/aromatic N) is 3. The van der Waals surface area contributed by atoms with Crippen molar-refractivity contribution in [2.45, 2.75) is 46.2 Å². The summed E-state index contributed by atoms with van der Waals surface area (Å²) in [6, 6.07) is 5.94. The third-order valence-corrected chi connectivity index (χ3v) is 5.09. The molecule has 1 amide bonds. The van der Waals surface area contributed by atoms with E-state index in [2.05, 4.69) is 20.2 Å². The number of anilines is 1. The minimum atomic E-state index is -0.162. The second-order valence-corrected chi connectivity index (χ2v) is 7.09. The molecule has 0 bridgehead atoms. The lowest BCUT2D eigenvalue weighted by Gasteiger charge is -2.30. The van der Waals surface area contributed by atoms with Crippen molar-refractivity contribution in [1.82, 2.24) is 15.3 Å². The fraction of sp³-hybridized carbons (Fsp3) is 0.476. The smallest absolute Gasteiger partial charge is 0.270 e. The molecule has 1 atom stereocenters. The van der Waals surface area contributed by atoms with Crippen LogP contribution in [0.2, 0.25) is 0 Å². The third kappa shape index (κ3) is 4.18. The zero-order valence-electron chi connectivity index (χ0n) is 17.2. The summed E-state index contributed by atoms with van der Waals surface area (Å²) in [7, 11) is 3.29. The molecule has 0 fully saturated rings. The molecule has 0 radical (unpaired) electrons. The number of hydrogen-bond donors (Lipinski definition) is 1. The highest BCUT2D eigenvalue weighted by Gasteiger charge is 2.22. The average Bonchev–Trinajstić information content (AvgIpc) is 2.71. The van der Waals surface area contributed by atoms with Crippen LogP contribution in [0.4, 0.5) is 5.82 Å². The predicted octanol–water partition coefficient (Wildman–Crippen LogP) is 2.89. The highest BCUT2D eigenvalue weighted by atomic mass is 16.5. The van der Waals surface area contributed by atoms with Crippen molar-refractivity contribution >= 4 is 11.7 Å². The average molecular weight is 384 g/mol. The van der Waals surface area contributed by atoms with Crippen molar-refractivity contribution in [3.63, 3.8) is 0 Å². The molecule has 7 nitrogen and oxygen atoms in total. The molecular formula is C21H28N4O3. The molecule has 1 aliphatic rings. The van der Waals surface area contributed by atoms with Gasteiger partial charge in [0.2, 0.25) is 0 Å². The molecule has 3 rings (SSSR count). The molecule has 2 heterocycles. The van der Waals surface area contributed by atoms with Crippen LogP contribution in [-0.4, -0.2) is 42.7 Å². The van der Waals surface area contributed by atoms with E-state index < -0.39 is 0 Å². The van der Waals surface area contributed by atoms with E-state index in [0.29, 0.717) is 18.1 Å². The van der Waals surface area contributed by atoms with Crippen molar-refractivity contribution in [1.29, 1.82) is 0 Å². The van der Waals surface area contributed by atoms with Gasteiger partial charge in [0.15, 0.2) is 11.5 Å². The van der Waals surface area contributed by atoms with Crippen LogP contribution in [0, 0.1) is 6.92 Å². The van der Waals surface area contributed by atoms with E-state index in [1.54, 1.807) is 20.3 Å². The molecule has 0 aliphatic carbocycles. The van der Waals surface area contributed by atoms with Crippen molar-refractivity contribution in [3.05, 3.63) is 40.8 Å². The first-order valence-electron chi connectivity index (χ1n) is 9.60. The number of rotatable bonds is 6. The number of methoxy groups -OCH3 is 2. The van der Waals surface area contributed by atoms with E-state index in [-0.39, 0.29) is 11.9 Å². The van der Waals surface area contributed by atoms with Crippen LogP contribution < -0.4 is 19.7 Å². The van der Waals surface area contributed by atoms with Gasteiger partial charge in [0.05, 0.1) is 14.2 Å². The Hall–Kier alpha value is -2.83. The van der Waals surface area contributed by atoms with Crippen LogP contribution in [-0.2, 0) is 13.0 Å². The lowest BCUT2D eigenvalue weighted by atomic mass is 9.98. The number of hydrogen-bond acceptors (Lipinski definition) is 6. The van der Waals surface area contributed by atoms with Crippen LogP contribution in [0.5, 0.6) is 11.5 Å². The first-order valence-corrected chi connectivity index (χ1v) is 9.60. The minimum absolute atomic E-state index is 0.107. The highest BCUT2D eigenvalue weighted by Crippen LogP contribution is 2.34. The molecule has 1 aromatic carbocycles. The number of benzene rings is 1. The van der Waals surface area contributed by atoms with Crippen molar-refractivity contribution in [2.24, 2.45) is 0 Å². The fourth-order valence-electron chi connectivity index (χ4n) is 3.31. The van der Waals surface area contributed by atoms with Gasteiger partial charge in [-0.05, 0) is 49.9 Å². The number of nitrogens with one attached hydrogen (secondary N) is 1. The van der Waals surface area contributed by atoms with Gasteiger partial charge in [0.25, 0.3) is 5.91 Å². The zero-order valence-corrected chi connectivity index (χ0v) is 17.2. The zero-order chi connectivity index (χ0) is 20.3. The second kappa shape index (κ2) is 8.46. The molecule has 1 aliphatic heterocycles. The molecule has 150 valence electrons. The van der Waals surface area contributed by atoms with Gasteiger partial charge in [0.1, 0.15) is 17.3 Å². The van der Waals surface area contributed by atoms with E-state index in [4.69, 9.17) is 9.47 Å².